The van der Waals surface area contributed by atoms with Gasteiger partial charge in [0.1, 0.15) is 5.75 Å². The number of phenols is 1. The van der Waals surface area contributed by atoms with Crippen molar-refractivity contribution in [1.29, 1.82) is 0 Å². The largest absolute Gasteiger partial charge is 0.508 e. The Balaban J connectivity index is 2.59. The number of aryl methyl sites for hydroxylation is 1. The second kappa shape index (κ2) is 13.5. The Morgan fingerprint density at radius 2 is 1.23 bits per heavy atom. The number of benzene rings is 1. The Bertz CT molecular complexity index is 467. The molecule has 0 amide bonds. The van der Waals surface area contributed by atoms with Crippen molar-refractivity contribution in [2.75, 3.05) is 0 Å². The van der Waals surface area contributed by atoms with Crippen LogP contribution in [0.2, 0.25) is 0 Å². The van der Waals surface area contributed by atoms with Crippen LogP contribution in [0, 0.1) is 6.92 Å². The molecule has 0 bridgehead atoms. The van der Waals surface area contributed by atoms with Gasteiger partial charge in [-0.3, -0.25) is 0 Å². The predicted molar refractivity (Wildman–Crippen MR) is 119 cm³/mol. The van der Waals surface area contributed by atoms with Gasteiger partial charge in [-0.2, -0.15) is 12.6 Å². The average Bonchev–Trinajstić information content (AvgIpc) is 2.63. The summed E-state index contributed by atoms with van der Waals surface area (Å²) in [6, 6.07) is 6.08. The first-order valence-electron chi connectivity index (χ1n) is 11.1. The van der Waals surface area contributed by atoms with Gasteiger partial charge >= 0.3 is 0 Å². The first kappa shape index (κ1) is 23.4. The molecular formula is C24H42OS. The number of rotatable bonds is 15. The van der Waals surface area contributed by atoms with Gasteiger partial charge in [0.05, 0.1) is 0 Å². The zero-order valence-electron chi connectivity index (χ0n) is 17.5. The van der Waals surface area contributed by atoms with Gasteiger partial charge in [-0.15, -0.1) is 0 Å². The van der Waals surface area contributed by atoms with Crippen LogP contribution in [0.4, 0.5) is 0 Å². The molecule has 1 rings (SSSR count). The van der Waals surface area contributed by atoms with Gasteiger partial charge < -0.3 is 5.11 Å². The van der Waals surface area contributed by atoms with E-state index in [1.807, 2.05) is 13.0 Å². The van der Waals surface area contributed by atoms with Gasteiger partial charge in [-0.1, -0.05) is 103 Å². The number of hydrogen-bond acceptors (Lipinski definition) is 2. The lowest BCUT2D eigenvalue weighted by Gasteiger charge is -2.30. The lowest BCUT2D eigenvalue weighted by Crippen LogP contribution is -2.19. The van der Waals surface area contributed by atoms with Crippen LogP contribution in [0.25, 0.3) is 0 Å². The molecule has 0 aliphatic heterocycles. The van der Waals surface area contributed by atoms with Gasteiger partial charge in [-0.25, -0.2) is 0 Å². The van der Waals surface area contributed by atoms with E-state index in [0.717, 1.165) is 18.4 Å². The molecule has 0 aliphatic carbocycles. The van der Waals surface area contributed by atoms with Gasteiger partial charge in [-0.05, 0) is 37.0 Å². The summed E-state index contributed by atoms with van der Waals surface area (Å²) in [5.74, 6) is 0.392. The minimum atomic E-state index is -0.0476. The van der Waals surface area contributed by atoms with Crippen molar-refractivity contribution < 1.29 is 5.11 Å². The van der Waals surface area contributed by atoms with E-state index in [9.17, 15) is 5.11 Å². The van der Waals surface area contributed by atoms with Crippen molar-refractivity contribution in [3.63, 3.8) is 0 Å². The van der Waals surface area contributed by atoms with Crippen LogP contribution in [0.5, 0.6) is 5.75 Å². The van der Waals surface area contributed by atoms with Crippen LogP contribution >= 0.6 is 12.6 Å². The zero-order valence-corrected chi connectivity index (χ0v) is 18.4. The van der Waals surface area contributed by atoms with Gasteiger partial charge in [0.25, 0.3) is 0 Å². The highest BCUT2D eigenvalue weighted by molar-refractivity contribution is 7.81. The van der Waals surface area contributed by atoms with E-state index in [-0.39, 0.29) is 4.75 Å². The predicted octanol–water partition coefficient (Wildman–Crippen LogP) is 8.33. The van der Waals surface area contributed by atoms with Crippen LogP contribution in [-0.4, -0.2) is 5.11 Å². The Kier molecular flexibility index (Phi) is 12.2. The molecule has 26 heavy (non-hydrogen) atoms. The van der Waals surface area contributed by atoms with E-state index in [1.54, 1.807) is 0 Å². The van der Waals surface area contributed by atoms with Crippen LogP contribution in [-0.2, 0) is 4.75 Å². The van der Waals surface area contributed by atoms with E-state index in [0.29, 0.717) is 5.75 Å². The minimum absolute atomic E-state index is 0.0476. The molecule has 2 heteroatoms. The fourth-order valence-corrected chi connectivity index (χ4v) is 4.21. The monoisotopic (exact) mass is 378 g/mol. The van der Waals surface area contributed by atoms with Crippen LogP contribution in [0.1, 0.15) is 115 Å². The van der Waals surface area contributed by atoms with Gasteiger partial charge in [0.2, 0.25) is 0 Å². The third-order valence-corrected chi connectivity index (χ3v) is 6.33. The molecule has 0 fully saturated rings. The Labute approximate surface area is 168 Å². The lowest BCUT2D eigenvalue weighted by molar-refractivity contribution is 0.451. The maximum Gasteiger partial charge on any atom is 0.118 e. The summed E-state index contributed by atoms with van der Waals surface area (Å²) in [6.45, 7) is 6.53. The third kappa shape index (κ3) is 8.84. The number of phenolic OH excluding ortho intramolecular Hbond substituents is 1. The Morgan fingerprint density at radius 1 is 0.769 bits per heavy atom. The maximum atomic E-state index is 9.88. The number of aromatic hydroxyl groups is 1. The van der Waals surface area contributed by atoms with E-state index in [2.05, 4.69) is 26.0 Å². The van der Waals surface area contributed by atoms with E-state index < -0.39 is 0 Å². The molecule has 1 N–H and O–H groups in total. The van der Waals surface area contributed by atoms with Crippen molar-refractivity contribution in [2.45, 2.75) is 115 Å². The average molecular weight is 379 g/mol. The van der Waals surface area contributed by atoms with Crippen molar-refractivity contribution >= 4 is 12.6 Å². The SMILES string of the molecule is CCCCCCCCC(S)(CCCCCCCC)c1ccc(O)c(C)c1. The molecule has 1 aromatic carbocycles. The summed E-state index contributed by atoms with van der Waals surface area (Å²) in [7, 11) is 0. The van der Waals surface area contributed by atoms with Crippen LogP contribution in [0.15, 0.2) is 18.2 Å². The summed E-state index contributed by atoms with van der Waals surface area (Å²) in [6.07, 6.45) is 18.2. The minimum Gasteiger partial charge on any atom is -0.508 e. The molecule has 0 radical (unpaired) electrons. The molecule has 1 nitrogen and oxygen atoms in total. The summed E-state index contributed by atoms with van der Waals surface area (Å²) >= 11 is 5.20. The molecule has 0 atom stereocenters. The molecule has 0 unspecified atom stereocenters. The van der Waals surface area contributed by atoms with Crippen LogP contribution in [0.3, 0.4) is 0 Å². The van der Waals surface area contributed by atoms with Crippen molar-refractivity contribution in [3.8, 4) is 5.75 Å². The molecule has 0 heterocycles. The molecule has 150 valence electrons. The number of thiol groups is 1. The number of unbranched alkanes of at least 4 members (excludes halogenated alkanes) is 10. The van der Waals surface area contributed by atoms with Gasteiger partial charge in [0.15, 0.2) is 0 Å². The summed E-state index contributed by atoms with van der Waals surface area (Å²) in [5, 5.41) is 9.88. The number of hydrogen-bond donors (Lipinski definition) is 2. The standard InChI is InChI=1S/C24H42OS/c1-4-6-8-10-12-14-18-24(26,19-15-13-11-9-7-5-2)22-16-17-23(25)21(3)20-22/h16-17,20,25-26H,4-15,18-19H2,1-3H3. The van der Waals surface area contributed by atoms with E-state index in [4.69, 9.17) is 12.6 Å². The van der Waals surface area contributed by atoms with E-state index in [1.165, 1.54) is 82.6 Å². The summed E-state index contributed by atoms with van der Waals surface area (Å²) in [4.78, 5) is 0. The van der Waals surface area contributed by atoms with Crippen molar-refractivity contribution in [3.05, 3.63) is 29.3 Å². The lowest BCUT2D eigenvalue weighted by atomic mass is 9.86. The smallest absolute Gasteiger partial charge is 0.118 e. The van der Waals surface area contributed by atoms with Gasteiger partial charge in [0, 0.05) is 4.75 Å². The van der Waals surface area contributed by atoms with Crippen molar-refractivity contribution in [2.24, 2.45) is 0 Å². The fourth-order valence-electron chi connectivity index (χ4n) is 3.75. The second-order valence-electron chi connectivity index (χ2n) is 8.07. The third-order valence-electron chi connectivity index (χ3n) is 5.62. The van der Waals surface area contributed by atoms with Crippen LogP contribution < -0.4 is 0 Å². The van der Waals surface area contributed by atoms with Crippen molar-refractivity contribution in [1.82, 2.24) is 0 Å². The molecule has 0 saturated heterocycles. The Hall–Kier alpha value is -0.630. The zero-order chi connectivity index (χ0) is 19.3. The normalized spacial score (nSPS) is 11.8. The molecule has 0 saturated carbocycles. The summed E-state index contributed by atoms with van der Waals surface area (Å²) in [5.41, 5.74) is 2.25. The molecule has 0 spiro atoms. The highest BCUT2D eigenvalue weighted by Crippen LogP contribution is 2.40. The first-order valence-corrected chi connectivity index (χ1v) is 11.5. The molecule has 1 aromatic rings. The molecular weight excluding hydrogens is 336 g/mol. The maximum absolute atomic E-state index is 9.88. The first-order chi connectivity index (χ1) is 12.5. The highest BCUT2D eigenvalue weighted by Gasteiger charge is 2.27. The quantitative estimate of drug-likeness (QED) is 0.232. The highest BCUT2D eigenvalue weighted by atomic mass is 32.1. The van der Waals surface area contributed by atoms with E-state index >= 15 is 0 Å². The Morgan fingerprint density at radius 3 is 1.69 bits per heavy atom. The fraction of sp³-hybridized carbons (Fsp3) is 0.750. The summed E-state index contributed by atoms with van der Waals surface area (Å²) < 4.78 is -0.0476. The topological polar surface area (TPSA) is 20.2 Å². The second-order valence-corrected chi connectivity index (χ2v) is 8.92. The molecule has 0 aromatic heterocycles. The molecule has 0 aliphatic rings.